The van der Waals surface area contributed by atoms with Crippen LogP contribution in [-0.4, -0.2) is 30.8 Å². The monoisotopic (exact) mass is 260 g/mol. The van der Waals surface area contributed by atoms with E-state index in [0.717, 1.165) is 0 Å². The maximum atomic E-state index is 12.1. The van der Waals surface area contributed by atoms with Crippen molar-refractivity contribution in [3.8, 4) is 0 Å². The number of rotatable bonds is 5. The number of aromatic nitrogens is 1. The number of hydrogen-bond donors (Lipinski definition) is 0. The van der Waals surface area contributed by atoms with Crippen LogP contribution in [0.15, 0.2) is 35.9 Å². The van der Waals surface area contributed by atoms with Gasteiger partial charge in [0.2, 0.25) is 10.0 Å². The molecule has 1 aromatic heterocycles. The van der Waals surface area contributed by atoms with Gasteiger partial charge in [-0.05, 0) is 12.1 Å². The lowest BCUT2D eigenvalue weighted by atomic mass is 10.5. The molecule has 88 valence electrons. The molecule has 0 saturated heterocycles. The first-order chi connectivity index (χ1) is 7.54. The second-order valence-corrected chi connectivity index (χ2v) is 5.30. The van der Waals surface area contributed by atoms with E-state index in [2.05, 4.69) is 11.6 Å². The second-order valence-electron chi connectivity index (χ2n) is 3.04. The molecular weight excluding hydrogens is 248 g/mol. The highest BCUT2D eigenvalue weighted by Gasteiger charge is 2.24. The highest BCUT2D eigenvalue weighted by Crippen LogP contribution is 2.21. The molecule has 0 unspecified atom stereocenters. The molecule has 0 amide bonds. The quantitative estimate of drug-likeness (QED) is 0.600. The molecular formula is C10H13ClN2O2S. The lowest BCUT2D eigenvalue weighted by molar-refractivity contribution is 0.459. The summed E-state index contributed by atoms with van der Waals surface area (Å²) in [4.78, 5) is 3.78. The van der Waals surface area contributed by atoms with Gasteiger partial charge in [0.05, 0.1) is 0 Å². The standard InChI is InChI=1S/C10H13ClN2O2S/c1-3-8-13(4-2)16(14,15)9-6-5-7-12-10(9)11/h3,5-7H,1,4,8H2,2H3. The van der Waals surface area contributed by atoms with Crippen LogP contribution in [0.5, 0.6) is 0 Å². The molecule has 0 atom stereocenters. The molecule has 0 saturated carbocycles. The van der Waals surface area contributed by atoms with Gasteiger partial charge in [-0.1, -0.05) is 24.6 Å². The Labute approximate surface area is 101 Å². The fraction of sp³-hybridized carbons (Fsp3) is 0.300. The van der Waals surface area contributed by atoms with Crippen molar-refractivity contribution in [2.75, 3.05) is 13.1 Å². The lowest BCUT2D eigenvalue weighted by Gasteiger charge is -2.18. The molecule has 0 spiro atoms. The van der Waals surface area contributed by atoms with Crippen molar-refractivity contribution in [1.82, 2.24) is 9.29 Å². The maximum absolute atomic E-state index is 12.1. The van der Waals surface area contributed by atoms with E-state index in [4.69, 9.17) is 11.6 Å². The van der Waals surface area contributed by atoms with Crippen molar-refractivity contribution in [3.05, 3.63) is 36.1 Å². The summed E-state index contributed by atoms with van der Waals surface area (Å²) in [5.74, 6) is 0. The molecule has 4 nitrogen and oxygen atoms in total. The zero-order valence-corrected chi connectivity index (χ0v) is 10.5. The topological polar surface area (TPSA) is 50.3 Å². The van der Waals surface area contributed by atoms with Crippen LogP contribution in [0.1, 0.15) is 6.92 Å². The van der Waals surface area contributed by atoms with E-state index >= 15 is 0 Å². The van der Waals surface area contributed by atoms with Gasteiger partial charge in [0.25, 0.3) is 0 Å². The van der Waals surface area contributed by atoms with Crippen molar-refractivity contribution < 1.29 is 8.42 Å². The van der Waals surface area contributed by atoms with E-state index in [1.165, 1.54) is 22.6 Å². The number of halogens is 1. The fourth-order valence-electron chi connectivity index (χ4n) is 1.24. The normalized spacial score (nSPS) is 11.7. The minimum absolute atomic E-state index is 0.00925. The Hall–Kier alpha value is -0.910. The third-order valence-electron chi connectivity index (χ3n) is 2.03. The number of sulfonamides is 1. The van der Waals surface area contributed by atoms with E-state index < -0.39 is 10.0 Å². The molecule has 0 radical (unpaired) electrons. The van der Waals surface area contributed by atoms with E-state index in [9.17, 15) is 8.42 Å². The summed E-state index contributed by atoms with van der Waals surface area (Å²) in [6.07, 6.45) is 2.98. The van der Waals surface area contributed by atoms with Gasteiger partial charge in [-0.25, -0.2) is 13.4 Å². The third kappa shape index (κ3) is 2.61. The predicted octanol–water partition coefficient (Wildman–Crippen LogP) is 1.93. The zero-order chi connectivity index (χ0) is 12.2. The smallest absolute Gasteiger partial charge is 0.243 e. The lowest BCUT2D eigenvalue weighted by Crippen LogP contribution is -2.31. The number of likely N-dealkylation sites (N-methyl/N-ethyl adjacent to an activating group) is 1. The first-order valence-corrected chi connectivity index (χ1v) is 6.57. The Bertz CT molecular complexity index is 473. The molecule has 1 heterocycles. The molecule has 16 heavy (non-hydrogen) atoms. The van der Waals surface area contributed by atoms with Crippen LogP contribution >= 0.6 is 11.6 Å². The van der Waals surface area contributed by atoms with Gasteiger partial charge in [-0.15, -0.1) is 6.58 Å². The molecule has 1 rings (SSSR count). The minimum Gasteiger partial charge on any atom is -0.243 e. The number of pyridine rings is 1. The Morgan fingerprint density at radius 3 is 2.81 bits per heavy atom. The van der Waals surface area contributed by atoms with Gasteiger partial charge in [0, 0.05) is 19.3 Å². The van der Waals surface area contributed by atoms with Crippen molar-refractivity contribution in [1.29, 1.82) is 0 Å². The van der Waals surface area contributed by atoms with E-state index in [-0.39, 0.29) is 16.6 Å². The minimum atomic E-state index is -3.58. The van der Waals surface area contributed by atoms with E-state index in [0.29, 0.717) is 6.54 Å². The Morgan fingerprint density at radius 2 is 2.31 bits per heavy atom. The second kappa shape index (κ2) is 5.43. The summed E-state index contributed by atoms with van der Waals surface area (Å²) in [7, 11) is -3.58. The summed E-state index contributed by atoms with van der Waals surface area (Å²) < 4.78 is 25.5. The Kier molecular flexibility index (Phi) is 4.46. The largest absolute Gasteiger partial charge is 0.246 e. The van der Waals surface area contributed by atoms with Gasteiger partial charge in [0.15, 0.2) is 0 Å². The van der Waals surface area contributed by atoms with Crippen molar-refractivity contribution in [2.45, 2.75) is 11.8 Å². The average molecular weight is 261 g/mol. The zero-order valence-electron chi connectivity index (χ0n) is 8.93. The van der Waals surface area contributed by atoms with E-state index in [1.54, 1.807) is 13.0 Å². The van der Waals surface area contributed by atoms with E-state index in [1.807, 2.05) is 0 Å². The van der Waals surface area contributed by atoms with Crippen LogP contribution in [0.3, 0.4) is 0 Å². The van der Waals surface area contributed by atoms with Crippen molar-refractivity contribution in [3.63, 3.8) is 0 Å². The first-order valence-electron chi connectivity index (χ1n) is 4.75. The van der Waals surface area contributed by atoms with Crippen LogP contribution < -0.4 is 0 Å². The van der Waals surface area contributed by atoms with Gasteiger partial charge < -0.3 is 0 Å². The van der Waals surface area contributed by atoms with Crippen LogP contribution in [0.2, 0.25) is 5.15 Å². The maximum Gasteiger partial charge on any atom is 0.246 e. The SMILES string of the molecule is C=CCN(CC)S(=O)(=O)c1cccnc1Cl. The highest BCUT2D eigenvalue weighted by atomic mass is 35.5. The average Bonchev–Trinajstić information content (AvgIpc) is 2.26. The van der Waals surface area contributed by atoms with Crippen LogP contribution in [-0.2, 0) is 10.0 Å². The van der Waals surface area contributed by atoms with Gasteiger partial charge in [0.1, 0.15) is 10.0 Å². The number of hydrogen-bond acceptors (Lipinski definition) is 3. The predicted molar refractivity (Wildman–Crippen MR) is 63.9 cm³/mol. The molecule has 0 bridgehead atoms. The number of nitrogens with zero attached hydrogens (tertiary/aromatic N) is 2. The van der Waals surface area contributed by atoms with Crippen LogP contribution in [0.25, 0.3) is 0 Å². The van der Waals surface area contributed by atoms with Crippen LogP contribution in [0, 0.1) is 0 Å². The summed E-state index contributed by atoms with van der Waals surface area (Å²) in [5.41, 5.74) is 0. The Morgan fingerprint density at radius 1 is 1.62 bits per heavy atom. The van der Waals surface area contributed by atoms with Crippen molar-refractivity contribution >= 4 is 21.6 Å². The summed E-state index contributed by atoms with van der Waals surface area (Å²) in [6, 6.07) is 2.98. The Balaban J connectivity index is 3.20. The van der Waals surface area contributed by atoms with Crippen LogP contribution in [0.4, 0.5) is 0 Å². The molecule has 0 N–H and O–H groups in total. The summed E-state index contributed by atoms with van der Waals surface area (Å²) in [5, 5.41) is -0.00925. The molecule has 0 aliphatic rings. The third-order valence-corrected chi connectivity index (χ3v) is 4.41. The van der Waals surface area contributed by atoms with Gasteiger partial charge in [-0.2, -0.15) is 4.31 Å². The molecule has 0 aliphatic carbocycles. The molecule has 1 aromatic rings. The first kappa shape index (κ1) is 13.2. The van der Waals surface area contributed by atoms with Gasteiger partial charge in [-0.3, -0.25) is 0 Å². The fourth-order valence-corrected chi connectivity index (χ4v) is 3.09. The summed E-state index contributed by atoms with van der Waals surface area (Å²) >= 11 is 5.77. The van der Waals surface area contributed by atoms with Crippen molar-refractivity contribution in [2.24, 2.45) is 0 Å². The van der Waals surface area contributed by atoms with Gasteiger partial charge >= 0.3 is 0 Å². The molecule has 0 aliphatic heterocycles. The summed E-state index contributed by atoms with van der Waals surface area (Å²) in [6.45, 7) is 5.89. The molecule has 6 heteroatoms. The molecule has 0 fully saturated rings. The molecule has 0 aromatic carbocycles. The highest BCUT2D eigenvalue weighted by molar-refractivity contribution is 7.89.